The number of hydrogen-bond acceptors (Lipinski definition) is 4. The van der Waals surface area contributed by atoms with Gasteiger partial charge in [0.2, 0.25) is 5.91 Å². The quantitative estimate of drug-likeness (QED) is 0.511. The number of para-hydroxylation sites is 1. The number of aliphatic hydroxyl groups is 1. The van der Waals surface area contributed by atoms with E-state index in [4.69, 9.17) is 0 Å². The lowest BCUT2D eigenvalue weighted by atomic mass is 9.99. The molecule has 1 amide bonds. The summed E-state index contributed by atoms with van der Waals surface area (Å²) in [5.74, 6) is -0.0189. The highest BCUT2D eigenvalue weighted by Crippen LogP contribution is 2.39. The van der Waals surface area contributed by atoms with Gasteiger partial charge in [-0.05, 0) is 35.9 Å². The van der Waals surface area contributed by atoms with Crippen LogP contribution in [0.5, 0.6) is 0 Å². The van der Waals surface area contributed by atoms with Crippen molar-refractivity contribution < 1.29 is 9.90 Å². The van der Waals surface area contributed by atoms with Crippen molar-refractivity contribution in [3.63, 3.8) is 0 Å². The van der Waals surface area contributed by atoms with Crippen molar-refractivity contribution in [2.24, 2.45) is 0 Å². The van der Waals surface area contributed by atoms with E-state index in [0.29, 0.717) is 6.42 Å². The van der Waals surface area contributed by atoms with Crippen molar-refractivity contribution in [3.05, 3.63) is 90.0 Å². The zero-order chi connectivity index (χ0) is 20.2. The molecule has 146 valence electrons. The second-order valence-corrected chi connectivity index (χ2v) is 6.85. The summed E-state index contributed by atoms with van der Waals surface area (Å²) >= 11 is 0. The van der Waals surface area contributed by atoms with Crippen LogP contribution < -0.4 is 16.0 Å². The topological polar surface area (TPSA) is 73.4 Å². The molecule has 1 unspecified atom stereocenters. The number of fused-ring (bicyclic) bond motifs is 1. The van der Waals surface area contributed by atoms with Crippen molar-refractivity contribution in [1.82, 2.24) is 0 Å². The van der Waals surface area contributed by atoms with Gasteiger partial charge in [0.25, 0.3) is 0 Å². The van der Waals surface area contributed by atoms with Gasteiger partial charge in [0, 0.05) is 34.6 Å². The third-order valence-electron chi connectivity index (χ3n) is 4.87. The number of rotatable bonds is 5. The van der Waals surface area contributed by atoms with E-state index in [2.05, 4.69) is 16.0 Å². The van der Waals surface area contributed by atoms with E-state index in [-0.39, 0.29) is 5.91 Å². The minimum atomic E-state index is -0.807. The lowest BCUT2D eigenvalue weighted by Gasteiger charge is -2.18. The fraction of sp³-hybridized carbons (Fsp3) is 0.125. The number of hydrogen-bond donors (Lipinski definition) is 4. The normalized spacial score (nSPS) is 16.6. The molecule has 0 bridgehead atoms. The molecule has 0 saturated carbocycles. The Labute approximate surface area is 170 Å². The Morgan fingerprint density at radius 2 is 1.52 bits per heavy atom. The lowest BCUT2D eigenvalue weighted by Crippen LogP contribution is -2.16. The van der Waals surface area contributed by atoms with Crippen LogP contribution >= 0.6 is 0 Å². The molecule has 5 nitrogen and oxygen atoms in total. The van der Waals surface area contributed by atoms with Gasteiger partial charge >= 0.3 is 0 Å². The highest BCUT2D eigenvalue weighted by molar-refractivity contribution is 6.03. The van der Waals surface area contributed by atoms with Gasteiger partial charge < -0.3 is 21.1 Å². The SMILES string of the molecule is CCC(=O)Nc1ccc(N/C(=C2/c3ccccc3NC2O)c2ccccc2)cc1. The molecule has 1 heterocycles. The minimum Gasteiger partial charge on any atom is -0.369 e. The third-order valence-corrected chi connectivity index (χ3v) is 4.87. The Morgan fingerprint density at radius 1 is 0.897 bits per heavy atom. The van der Waals surface area contributed by atoms with Crippen molar-refractivity contribution in [3.8, 4) is 0 Å². The molecule has 0 spiro atoms. The molecule has 29 heavy (non-hydrogen) atoms. The molecular formula is C24H23N3O2. The van der Waals surface area contributed by atoms with Crippen LogP contribution in [-0.4, -0.2) is 17.2 Å². The maximum absolute atomic E-state index is 11.6. The predicted octanol–water partition coefficient (Wildman–Crippen LogP) is 4.76. The third kappa shape index (κ3) is 4.00. The molecule has 4 rings (SSSR count). The Morgan fingerprint density at radius 3 is 2.21 bits per heavy atom. The maximum atomic E-state index is 11.6. The molecule has 3 aromatic carbocycles. The Bertz CT molecular complexity index is 1040. The summed E-state index contributed by atoms with van der Waals surface area (Å²) in [5.41, 5.74) is 6.10. The van der Waals surface area contributed by atoms with E-state index in [1.54, 1.807) is 0 Å². The number of carbonyl (C=O) groups excluding carboxylic acids is 1. The second-order valence-electron chi connectivity index (χ2n) is 6.85. The van der Waals surface area contributed by atoms with Gasteiger partial charge in [-0.15, -0.1) is 0 Å². The van der Waals surface area contributed by atoms with Crippen LogP contribution in [0.4, 0.5) is 17.1 Å². The summed E-state index contributed by atoms with van der Waals surface area (Å²) in [6.07, 6.45) is -0.368. The molecule has 0 aliphatic carbocycles. The van der Waals surface area contributed by atoms with Gasteiger partial charge in [0.05, 0.1) is 5.70 Å². The number of nitrogens with one attached hydrogen (secondary N) is 3. The molecule has 5 heteroatoms. The van der Waals surface area contributed by atoms with Crippen LogP contribution in [0.1, 0.15) is 24.5 Å². The van der Waals surface area contributed by atoms with E-state index in [9.17, 15) is 9.90 Å². The van der Waals surface area contributed by atoms with Crippen LogP contribution in [0.15, 0.2) is 78.9 Å². The summed E-state index contributed by atoms with van der Waals surface area (Å²) in [4.78, 5) is 11.6. The van der Waals surface area contributed by atoms with Crippen LogP contribution in [0.3, 0.4) is 0 Å². The second kappa shape index (κ2) is 8.20. The molecular weight excluding hydrogens is 362 g/mol. The first-order chi connectivity index (χ1) is 14.2. The van der Waals surface area contributed by atoms with Gasteiger partial charge in [-0.25, -0.2) is 0 Å². The lowest BCUT2D eigenvalue weighted by molar-refractivity contribution is -0.115. The summed E-state index contributed by atoms with van der Waals surface area (Å²) in [5, 5.41) is 20.2. The largest absolute Gasteiger partial charge is 0.369 e. The number of amides is 1. The Hall–Kier alpha value is -3.57. The molecule has 4 N–H and O–H groups in total. The van der Waals surface area contributed by atoms with Crippen molar-refractivity contribution in [1.29, 1.82) is 0 Å². The minimum absolute atomic E-state index is 0.0189. The molecule has 3 aromatic rings. The zero-order valence-electron chi connectivity index (χ0n) is 16.1. The van der Waals surface area contributed by atoms with Crippen molar-refractivity contribution >= 4 is 34.2 Å². The molecule has 0 fully saturated rings. The van der Waals surface area contributed by atoms with Gasteiger partial charge in [0.15, 0.2) is 6.23 Å². The standard InChI is InChI=1S/C24H23N3O2/c1-2-21(28)25-17-12-14-18(15-13-17)26-23(16-8-4-3-5-9-16)22-19-10-6-7-11-20(19)27-24(22)29/h3-15,24,26-27,29H,2H2,1H3,(H,25,28)/b23-22-. The molecule has 1 atom stereocenters. The van der Waals surface area contributed by atoms with Gasteiger partial charge in [-0.1, -0.05) is 55.5 Å². The monoisotopic (exact) mass is 385 g/mol. The Balaban J connectivity index is 1.73. The van der Waals surface area contributed by atoms with E-state index in [0.717, 1.165) is 39.5 Å². The van der Waals surface area contributed by atoms with Gasteiger partial charge in [-0.3, -0.25) is 4.79 Å². The average Bonchev–Trinajstić information content (AvgIpc) is 3.09. The van der Waals surface area contributed by atoms with E-state index in [1.165, 1.54) is 0 Å². The highest BCUT2D eigenvalue weighted by atomic mass is 16.3. The number of benzene rings is 3. The number of carbonyl (C=O) groups is 1. The van der Waals surface area contributed by atoms with Gasteiger partial charge in [0.1, 0.15) is 0 Å². The first-order valence-corrected chi connectivity index (χ1v) is 9.66. The van der Waals surface area contributed by atoms with Crippen LogP contribution in [-0.2, 0) is 4.79 Å². The number of aliphatic hydroxyl groups excluding tert-OH is 1. The fourth-order valence-corrected chi connectivity index (χ4v) is 3.41. The average molecular weight is 385 g/mol. The molecule has 0 radical (unpaired) electrons. The first-order valence-electron chi connectivity index (χ1n) is 9.66. The van der Waals surface area contributed by atoms with E-state index in [1.807, 2.05) is 85.8 Å². The van der Waals surface area contributed by atoms with E-state index >= 15 is 0 Å². The molecule has 1 aliphatic rings. The van der Waals surface area contributed by atoms with Crippen molar-refractivity contribution in [2.45, 2.75) is 19.6 Å². The van der Waals surface area contributed by atoms with Crippen molar-refractivity contribution in [2.75, 3.05) is 16.0 Å². The van der Waals surface area contributed by atoms with E-state index < -0.39 is 6.23 Å². The van der Waals surface area contributed by atoms with Crippen LogP contribution in [0.2, 0.25) is 0 Å². The molecule has 1 aliphatic heterocycles. The van der Waals surface area contributed by atoms with Crippen LogP contribution in [0, 0.1) is 0 Å². The van der Waals surface area contributed by atoms with Crippen LogP contribution in [0.25, 0.3) is 11.3 Å². The summed E-state index contributed by atoms with van der Waals surface area (Å²) < 4.78 is 0. The van der Waals surface area contributed by atoms with Gasteiger partial charge in [-0.2, -0.15) is 0 Å². The number of anilines is 3. The summed E-state index contributed by atoms with van der Waals surface area (Å²) in [6, 6.07) is 25.4. The fourth-order valence-electron chi connectivity index (χ4n) is 3.41. The molecule has 0 saturated heterocycles. The highest BCUT2D eigenvalue weighted by Gasteiger charge is 2.28. The Kier molecular flexibility index (Phi) is 5.31. The maximum Gasteiger partial charge on any atom is 0.224 e. The summed E-state index contributed by atoms with van der Waals surface area (Å²) in [6.45, 7) is 1.82. The smallest absolute Gasteiger partial charge is 0.224 e. The first kappa shape index (κ1) is 18.8. The summed E-state index contributed by atoms with van der Waals surface area (Å²) in [7, 11) is 0. The zero-order valence-corrected chi connectivity index (χ0v) is 16.1. The predicted molar refractivity (Wildman–Crippen MR) is 118 cm³/mol. The molecule has 0 aromatic heterocycles.